The molecular weight excluding hydrogens is 246 g/mol. The van der Waals surface area contributed by atoms with Crippen molar-refractivity contribution in [3.05, 3.63) is 40.6 Å². The molecular formula is C9H7N3O2S2. The molecule has 0 radical (unpaired) electrons. The molecule has 1 aromatic heterocycles. The van der Waals surface area contributed by atoms with Gasteiger partial charge < -0.3 is 5.73 Å². The maximum Gasteiger partial charge on any atom is 0.344 e. The van der Waals surface area contributed by atoms with E-state index in [0.717, 1.165) is 16.2 Å². The van der Waals surface area contributed by atoms with Crippen molar-refractivity contribution in [3.8, 4) is 0 Å². The lowest BCUT2D eigenvalue weighted by molar-refractivity contribution is -0.380. The van der Waals surface area contributed by atoms with Crippen LogP contribution in [0.5, 0.6) is 0 Å². The third-order valence-electron chi connectivity index (χ3n) is 1.77. The summed E-state index contributed by atoms with van der Waals surface area (Å²) in [7, 11) is 0. The lowest BCUT2D eigenvalue weighted by Crippen LogP contribution is -1.86. The number of thiazole rings is 1. The van der Waals surface area contributed by atoms with Crippen molar-refractivity contribution in [2.24, 2.45) is 0 Å². The lowest BCUT2D eigenvalue weighted by Gasteiger charge is -2.00. The number of hydrogen-bond donors (Lipinski definition) is 1. The Hall–Kier alpha value is -1.60. The molecule has 0 aliphatic heterocycles. The summed E-state index contributed by atoms with van der Waals surface area (Å²) >= 11 is 2.37. The van der Waals surface area contributed by atoms with Gasteiger partial charge in [0, 0.05) is 10.6 Å². The van der Waals surface area contributed by atoms with Gasteiger partial charge in [-0.3, -0.25) is 10.1 Å². The van der Waals surface area contributed by atoms with Gasteiger partial charge in [-0.2, -0.15) is 0 Å². The largest absolute Gasteiger partial charge is 0.398 e. The molecule has 1 heterocycles. The maximum absolute atomic E-state index is 10.5. The summed E-state index contributed by atoms with van der Waals surface area (Å²) in [4.78, 5) is 14.8. The van der Waals surface area contributed by atoms with Crippen molar-refractivity contribution < 1.29 is 4.92 Å². The molecule has 5 nitrogen and oxygen atoms in total. The van der Waals surface area contributed by atoms with Crippen LogP contribution in [0.3, 0.4) is 0 Å². The molecule has 0 fully saturated rings. The van der Waals surface area contributed by atoms with Crippen LogP contribution in [0.15, 0.2) is 39.7 Å². The fraction of sp³-hybridized carbons (Fsp3) is 0. The third-order valence-corrected chi connectivity index (χ3v) is 3.88. The zero-order valence-corrected chi connectivity index (χ0v) is 9.62. The van der Waals surface area contributed by atoms with Crippen molar-refractivity contribution in [1.29, 1.82) is 0 Å². The van der Waals surface area contributed by atoms with Crippen LogP contribution in [-0.2, 0) is 0 Å². The minimum atomic E-state index is -0.448. The average Bonchev–Trinajstić information content (AvgIpc) is 2.70. The van der Waals surface area contributed by atoms with E-state index in [0.29, 0.717) is 10.0 Å². The molecule has 2 aromatic rings. The van der Waals surface area contributed by atoms with E-state index in [-0.39, 0.29) is 5.00 Å². The molecule has 0 atom stereocenters. The Morgan fingerprint density at radius 1 is 1.44 bits per heavy atom. The second-order valence-corrected chi connectivity index (χ2v) is 5.16. The van der Waals surface area contributed by atoms with Crippen LogP contribution >= 0.6 is 23.1 Å². The van der Waals surface area contributed by atoms with E-state index in [2.05, 4.69) is 4.98 Å². The molecule has 82 valence electrons. The fourth-order valence-electron chi connectivity index (χ4n) is 1.05. The Kier molecular flexibility index (Phi) is 3.07. The standard InChI is InChI=1S/C9H7N3O2S2/c10-6-3-1-2-4-7(6)15-9-11-5-8(16-9)12(13)14/h1-5H,10H2. The SMILES string of the molecule is Nc1ccccc1Sc1ncc([N+](=O)[O-])s1. The maximum atomic E-state index is 10.5. The molecule has 0 bridgehead atoms. The van der Waals surface area contributed by atoms with Gasteiger partial charge in [0.15, 0.2) is 4.34 Å². The number of nitrogens with two attached hydrogens (primary N) is 1. The molecule has 1 aromatic carbocycles. The number of nitro groups is 1. The summed E-state index contributed by atoms with van der Waals surface area (Å²) < 4.78 is 0.615. The second kappa shape index (κ2) is 4.50. The molecule has 2 N–H and O–H groups in total. The molecule has 2 rings (SSSR count). The molecule has 0 aliphatic rings. The van der Waals surface area contributed by atoms with Gasteiger partial charge in [-0.1, -0.05) is 23.9 Å². The monoisotopic (exact) mass is 253 g/mol. The number of anilines is 1. The number of hydrogen-bond acceptors (Lipinski definition) is 6. The number of nitrogen functional groups attached to an aromatic ring is 1. The van der Waals surface area contributed by atoms with Crippen LogP contribution in [0.1, 0.15) is 0 Å². The second-order valence-electron chi connectivity index (χ2n) is 2.86. The quantitative estimate of drug-likeness (QED) is 0.516. The number of nitrogens with zero attached hydrogens (tertiary/aromatic N) is 2. The first kappa shape index (κ1) is 10.9. The highest BCUT2D eigenvalue weighted by Crippen LogP contribution is 2.36. The predicted molar refractivity (Wildman–Crippen MR) is 63.7 cm³/mol. The lowest BCUT2D eigenvalue weighted by atomic mass is 10.3. The van der Waals surface area contributed by atoms with Gasteiger partial charge in [0.05, 0.1) is 4.92 Å². The van der Waals surface area contributed by atoms with E-state index in [1.165, 1.54) is 18.0 Å². The normalized spacial score (nSPS) is 10.2. The van der Waals surface area contributed by atoms with Crippen LogP contribution in [-0.4, -0.2) is 9.91 Å². The summed E-state index contributed by atoms with van der Waals surface area (Å²) in [6.07, 6.45) is 1.26. The van der Waals surface area contributed by atoms with E-state index in [9.17, 15) is 10.1 Å². The number of benzene rings is 1. The van der Waals surface area contributed by atoms with Gasteiger partial charge in [0.25, 0.3) is 0 Å². The first-order chi connectivity index (χ1) is 7.66. The van der Waals surface area contributed by atoms with Crippen LogP contribution in [0.25, 0.3) is 0 Å². The molecule has 0 amide bonds. The Bertz CT molecular complexity index is 527. The van der Waals surface area contributed by atoms with Crippen molar-refractivity contribution >= 4 is 33.8 Å². The van der Waals surface area contributed by atoms with Crippen molar-refractivity contribution in [3.63, 3.8) is 0 Å². The van der Waals surface area contributed by atoms with E-state index in [1.54, 1.807) is 6.07 Å². The topological polar surface area (TPSA) is 82.0 Å². The molecule has 16 heavy (non-hydrogen) atoms. The number of aromatic nitrogens is 1. The summed E-state index contributed by atoms with van der Waals surface area (Å²) in [6, 6.07) is 7.34. The highest BCUT2D eigenvalue weighted by molar-refractivity contribution is 8.01. The Balaban J connectivity index is 2.21. The van der Waals surface area contributed by atoms with Gasteiger partial charge >= 0.3 is 5.00 Å². The predicted octanol–water partition coefficient (Wildman–Crippen LogP) is 2.78. The zero-order chi connectivity index (χ0) is 11.5. The Morgan fingerprint density at radius 3 is 2.81 bits per heavy atom. The fourth-order valence-corrected chi connectivity index (χ4v) is 2.83. The van der Waals surface area contributed by atoms with Crippen LogP contribution in [0.4, 0.5) is 10.7 Å². The molecule has 0 spiro atoms. The van der Waals surface area contributed by atoms with E-state index >= 15 is 0 Å². The minimum Gasteiger partial charge on any atom is -0.398 e. The van der Waals surface area contributed by atoms with Gasteiger partial charge in [-0.25, -0.2) is 4.98 Å². The summed E-state index contributed by atoms with van der Waals surface area (Å²) in [5, 5.41) is 10.5. The molecule has 0 aliphatic carbocycles. The van der Waals surface area contributed by atoms with Crippen molar-refractivity contribution in [1.82, 2.24) is 4.98 Å². The Morgan fingerprint density at radius 2 is 2.19 bits per heavy atom. The molecule has 0 unspecified atom stereocenters. The third kappa shape index (κ3) is 2.31. The summed E-state index contributed by atoms with van der Waals surface area (Å²) in [6.45, 7) is 0. The smallest absolute Gasteiger partial charge is 0.344 e. The zero-order valence-electron chi connectivity index (χ0n) is 7.99. The van der Waals surface area contributed by atoms with Crippen LogP contribution < -0.4 is 5.73 Å². The van der Waals surface area contributed by atoms with Gasteiger partial charge in [-0.05, 0) is 23.5 Å². The highest BCUT2D eigenvalue weighted by Gasteiger charge is 2.12. The summed E-state index contributed by atoms with van der Waals surface area (Å²) in [5.74, 6) is 0. The van der Waals surface area contributed by atoms with Crippen molar-refractivity contribution in [2.75, 3.05) is 5.73 Å². The molecule has 7 heteroatoms. The molecule has 0 saturated carbocycles. The first-order valence-electron chi connectivity index (χ1n) is 4.29. The van der Waals surface area contributed by atoms with Crippen molar-refractivity contribution in [2.45, 2.75) is 9.24 Å². The minimum absolute atomic E-state index is 0.0389. The Labute approximate surface area is 99.5 Å². The average molecular weight is 253 g/mol. The highest BCUT2D eigenvalue weighted by atomic mass is 32.2. The number of rotatable bonds is 3. The van der Waals surface area contributed by atoms with Gasteiger partial charge in [0.1, 0.15) is 6.20 Å². The first-order valence-corrected chi connectivity index (χ1v) is 5.92. The van der Waals surface area contributed by atoms with E-state index < -0.39 is 4.92 Å². The van der Waals surface area contributed by atoms with Gasteiger partial charge in [-0.15, -0.1) is 0 Å². The summed E-state index contributed by atoms with van der Waals surface area (Å²) in [5.41, 5.74) is 6.40. The van der Waals surface area contributed by atoms with Gasteiger partial charge in [0.2, 0.25) is 0 Å². The van der Waals surface area contributed by atoms with Crippen LogP contribution in [0, 0.1) is 10.1 Å². The molecule has 0 saturated heterocycles. The van der Waals surface area contributed by atoms with E-state index in [1.807, 2.05) is 18.2 Å². The number of para-hydroxylation sites is 1. The van der Waals surface area contributed by atoms with E-state index in [4.69, 9.17) is 5.73 Å². The van der Waals surface area contributed by atoms with Crippen LogP contribution in [0.2, 0.25) is 0 Å².